The molecule has 0 fully saturated rings. The van der Waals surface area contributed by atoms with Crippen molar-refractivity contribution in [1.82, 2.24) is 24.9 Å². The van der Waals surface area contributed by atoms with E-state index < -0.39 is 0 Å². The number of benzene rings is 10. The van der Waals surface area contributed by atoms with E-state index in [9.17, 15) is 0 Å². The summed E-state index contributed by atoms with van der Waals surface area (Å²) in [5, 5.41) is 13.9. The van der Waals surface area contributed by atoms with Gasteiger partial charge < -0.3 is 15.0 Å². The SMILES string of the molecule is Clc1cccc(-c2c3nc(nc4[n-]c(c(-c5cccc(Cl)c5)c5nc(cc6[n-]c2c2cc7ccccc7cc62)-c2cc6ccccc6cc2-5)c2cc5ccccc5cc42)-c2cc4ccccc4cc2-3)c1.[Pt+2]. The Morgan fingerprint density at radius 1 is 0.338 bits per heavy atom. The quantitative estimate of drug-likeness (QED) is 0.173. The van der Waals surface area contributed by atoms with Gasteiger partial charge in [-0.3, -0.25) is 4.98 Å². The fourth-order valence-electron chi connectivity index (χ4n) is 10.9. The molecule has 0 amide bonds. The summed E-state index contributed by atoms with van der Waals surface area (Å²) >= 11 is 13.9. The van der Waals surface area contributed by atoms with Crippen molar-refractivity contribution in [2.24, 2.45) is 0 Å². The number of aromatic nitrogens is 5. The molecule has 3 aromatic heterocycles. The van der Waals surface area contributed by atoms with Crippen LogP contribution in [0.5, 0.6) is 0 Å². The fraction of sp³-hybridized carbons (Fsp3) is 0. The Morgan fingerprint density at radius 3 is 1.30 bits per heavy atom. The minimum Gasteiger partial charge on any atom is -0.656 e. The zero-order valence-corrected chi connectivity index (χ0v) is 41.1. The van der Waals surface area contributed by atoms with Gasteiger partial charge in [0.25, 0.3) is 0 Å². The summed E-state index contributed by atoms with van der Waals surface area (Å²) in [6, 6.07) is 70.0. The standard InChI is InChI=1S/C63H33Cl2N5.Pt/c64-44-21-9-19-42(23-44)56-58-48-27-36-13-3-1-11-34(36)25-46(48)54(66-58)33-55-47-26-35-12-2-4-14-37(35)28-49(47)59(67-55)57(43-20-10-22-45(65)24-43)61-51-30-39-16-6-8-18-41(39)32-53(51)63(69-61)70-62-52-31-40-17-7-5-15-38(40)29-50(52)60(56)68-62;/h1-33H;/q-2;+2. The van der Waals surface area contributed by atoms with Crippen LogP contribution in [0.4, 0.5) is 0 Å². The molecule has 0 saturated carbocycles. The third kappa shape index (κ3) is 6.61. The summed E-state index contributed by atoms with van der Waals surface area (Å²) in [4.78, 5) is 28.3. The maximum Gasteiger partial charge on any atom is 2.00 e. The predicted octanol–water partition coefficient (Wildman–Crippen LogP) is 17.2. The van der Waals surface area contributed by atoms with Crippen molar-refractivity contribution in [2.45, 2.75) is 0 Å². The number of halogens is 2. The van der Waals surface area contributed by atoms with Gasteiger partial charge in [0, 0.05) is 37.9 Å². The minimum atomic E-state index is 0. The van der Waals surface area contributed by atoms with Crippen LogP contribution >= 0.6 is 23.2 Å². The van der Waals surface area contributed by atoms with Gasteiger partial charge in [-0.25, -0.2) is 4.98 Å². The van der Waals surface area contributed by atoms with Gasteiger partial charge in [-0.1, -0.05) is 145 Å². The zero-order valence-electron chi connectivity index (χ0n) is 37.4. The molecule has 0 unspecified atom stereocenters. The molecule has 8 bridgehead atoms. The minimum absolute atomic E-state index is 0. The molecule has 0 saturated heterocycles. The number of rotatable bonds is 2. The van der Waals surface area contributed by atoms with Crippen LogP contribution in [-0.2, 0) is 21.1 Å². The Bertz CT molecular complexity index is 4350. The predicted molar refractivity (Wildman–Crippen MR) is 292 cm³/mol. The first-order valence-electron chi connectivity index (χ1n) is 23.3. The van der Waals surface area contributed by atoms with Crippen LogP contribution in [0.25, 0.3) is 154 Å². The molecule has 71 heavy (non-hydrogen) atoms. The normalized spacial score (nSPS) is 12.0. The van der Waals surface area contributed by atoms with Crippen molar-refractivity contribution in [2.75, 3.05) is 0 Å². The fourth-order valence-corrected chi connectivity index (χ4v) is 11.3. The van der Waals surface area contributed by atoms with Crippen LogP contribution in [0.1, 0.15) is 0 Å². The number of fused-ring (bicyclic) bond motifs is 24. The Labute approximate surface area is 430 Å². The van der Waals surface area contributed by atoms with Gasteiger partial charge in [0.1, 0.15) is 0 Å². The molecule has 0 radical (unpaired) electrons. The van der Waals surface area contributed by atoms with Crippen molar-refractivity contribution in [3.63, 3.8) is 0 Å². The monoisotopic (exact) mass is 1120 g/mol. The van der Waals surface area contributed by atoms with Crippen LogP contribution in [0.3, 0.4) is 0 Å². The van der Waals surface area contributed by atoms with Crippen molar-refractivity contribution < 1.29 is 21.1 Å². The third-order valence-corrected chi connectivity index (χ3v) is 14.6. The first kappa shape index (κ1) is 42.0. The molecule has 10 aromatic carbocycles. The second kappa shape index (κ2) is 16.1. The van der Waals surface area contributed by atoms with E-state index in [1.54, 1.807) is 0 Å². The molecule has 5 heterocycles. The second-order valence-corrected chi connectivity index (χ2v) is 19.1. The molecule has 0 atom stereocenters. The summed E-state index contributed by atoms with van der Waals surface area (Å²) < 4.78 is 0. The van der Waals surface area contributed by atoms with Gasteiger partial charge in [0.05, 0.1) is 22.9 Å². The summed E-state index contributed by atoms with van der Waals surface area (Å²) in [5.41, 5.74) is 12.6. The first-order chi connectivity index (χ1) is 34.5. The summed E-state index contributed by atoms with van der Waals surface area (Å²) in [7, 11) is 0. The van der Waals surface area contributed by atoms with Crippen molar-refractivity contribution in [3.05, 3.63) is 210 Å². The van der Waals surface area contributed by atoms with E-state index in [1.165, 1.54) is 0 Å². The number of hydrogen-bond acceptors (Lipinski definition) is 3. The summed E-state index contributed by atoms with van der Waals surface area (Å²) in [5.74, 6) is 0.560. The van der Waals surface area contributed by atoms with Crippen LogP contribution in [0, 0.1) is 0 Å². The molecule has 13 aromatic rings. The van der Waals surface area contributed by atoms with Crippen molar-refractivity contribution in [3.8, 4) is 67.4 Å². The van der Waals surface area contributed by atoms with E-state index >= 15 is 0 Å². The van der Waals surface area contributed by atoms with Gasteiger partial charge in [-0.15, -0.1) is 11.0 Å². The maximum atomic E-state index is 6.93. The Balaban J connectivity index is 0.00000470. The van der Waals surface area contributed by atoms with Crippen LogP contribution in [0.15, 0.2) is 200 Å². The van der Waals surface area contributed by atoms with E-state index in [2.05, 4.69) is 164 Å². The molecule has 2 aliphatic heterocycles. The van der Waals surface area contributed by atoms with Gasteiger partial charge in [-0.2, -0.15) is 0 Å². The molecule has 5 nitrogen and oxygen atoms in total. The largest absolute Gasteiger partial charge is 2.00 e. The van der Waals surface area contributed by atoms with Crippen LogP contribution < -0.4 is 9.97 Å². The summed E-state index contributed by atoms with van der Waals surface area (Å²) in [6.45, 7) is 0. The maximum absolute atomic E-state index is 6.93. The molecule has 0 aliphatic carbocycles. The first-order valence-corrected chi connectivity index (χ1v) is 24.0. The molecule has 8 heteroatoms. The average molecular weight is 1130 g/mol. The molecule has 0 spiro atoms. The van der Waals surface area contributed by atoms with Gasteiger partial charge in [-0.05, 0) is 171 Å². The number of nitrogens with zero attached hydrogens (tertiary/aromatic N) is 5. The van der Waals surface area contributed by atoms with E-state index in [0.717, 1.165) is 143 Å². The van der Waals surface area contributed by atoms with Gasteiger partial charge in [0.2, 0.25) is 0 Å². The third-order valence-electron chi connectivity index (χ3n) is 14.2. The van der Waals surface area contributed by atoms with E-state index in [-0.39, 0.29) is 21.1 Å². The Hall–Kier alpha value is -7.92. The van der Waals surface area contributed by atoms with Crippen molar-refractivity contribution >= 4 is 110 Å². The molecular formula is C63H33Cl2N5Pt. The Morgan fingerprint density at radius 2 is 0.761 bits per heavy atom. The molecular weight excluding hydrogens is 1090 g/mol. The van der Waals surface area contributed by atoms with Crippen molar-refractivity contribution in [1.29, 1.82) is 0 Å². The second-order valence-electron chi connectivity index (χ2n) is 18.3. The molecule has 334 valence electrons. The molecule has 0 N–H and O–H groups in total. The summed E-state index contributed by atoms with van der Waals surface area (Å²) in [6.07, 6.45) is 0. The van der Waals surface area contributed by atoms with E-state index in [4.69, 9.17) is 48.1 Å². The molecule has 2 aliphatic rings. The topological polar surface area (TPSA) is 66.9 Å². The zero-order chi connectivity index (χ0) is 46.2. The van der Waals surface area contributed by atoms with Gasteiger partial charge in [0.15, 0.2) is 0 Å². The average Bonchev–Trinajstić information content (AvgIpc) is 4.12. The molecule has 15 rings (SSSR count). The van der Waals surface area contributed by atoms with Crippen LogP contribution in [-0.4, -0.2) is 15.0 Å². The Kier molecular flexibility index (Phi) is 9.50. The smallest absolute Gasteiger partial charge is 0.656 e. The van der Waals surface area contributed by atoms with E-state index in [0.29, 0.717) is 21.5 Å². The van der Waals surface area contributed by atoms with Gasteiger partial charge >= 0.3 is 21.1 Å². The van der Waals surface area contributed by atoms with E-state index in [1.807, 2.05) is 36.4 Å². The number of hydrogen-bond donors (Lipinski definition) is 0. The van der Waals surface area contributed by atoms with Crippen LogP contribution in [0.2, 0.25) is 10.0 Å².